The summed E-state index contributed by atoms with van der Waals surface area (Å²) in [6.07, 6.45) is -6.93. The lowest BCUT2D eigenvalue weighted by atomic mass is 9.97. The molecule has 3 aromatic carbocycles. The summed E-state index contributed by atoms with van der Waals surface area (Å²) in [4.78, 5) is 26.5. The van der Waals surface area contributed by atoms with Gasteiger partial charge in [-0.2, -0.15) is 0 Å². The third kappa shape index (κ3) is 7.01. The molecule has 9 nitrogen and oxygen atoms in total. The highest BCUT2D eigenvalue weighted by molar-refractivity contribution is 6.76. The molecule has 0 amide bonds. The molecule has 1 N–H and O–H groups in total. The van der Waals surface area contributed by atoms with Crippen LogP contribution in [-0.4, -0.2) is 58.9 Å². The van der Waals surface area contributed by atoms with Gasteiger partial charge in [0, 0.05) is 5.56 Å². The first-order valence-corrected chi connectivity index (χ1v) is 13.7. The highest BCUT2D eigenvalue weighted by atomic mass is 35.6. The summed E-state index contributed by atoms with van der Waals surface area (Å²) in [5, 5.41) is 8.12. The van der Waals surface area contributed by atoms with Crippen molar-refractivity contribution in [1.82, 2.24) is 0 Å². The fourth-order valence-electron chi connectivity index (χ4n) is 4.40. The van der Waals surface area contributed by atoms with Crippen LogP contribution in [0.1, 0.15) is 32.6 Å². The van der Waals surface area contributed by atoms with E-state index in [1.165, 1.54) is 0 Å². The number of halogens is 3. The van der Waals surface area contributed by atoms with Crippen LogP contribution in [-0.2, 0) is 28.4 Å². The van der Waals surface area contributed by atoms with Gasteiger partial charge >= 0.3 is 11.9 Å². The Kier molecular flexibility index (Phi) is 9.13. The number of hydrogen-bond donors (Lipinski definition) is 1. The van der Waals surface area contributed by atoms with Crippen LogP contribution in [0.15, 0.2) is 91.0 Å². The smallest absolute Gasteiger partial charge is 0.338 e. The zero-order valence-electron chi connectivity index (χ0n) is 21.2. The number of hydrogen-bond acceptors (Lipinski definition) is 9. The van der Waals surface area contributed by atoms with Crippen LogP contribution < -0.4 is 0 Å². The molecule has 5 rings (SSSR count). The fraction of sp³-hybridized carbons (Fsp3) is 0.276. The van der Waals surface area contributed by atoms with Crippen molar-refractivity contribution in [2.75, 3.05) is 6.61 Å². The van der Waals surface area contributed by atoms with Gasteiger partial charge in [0.15, 0.2) is 12.4 Å². The summed E-state index contributed by atoms with van der Waals surface area (Å²) >= 11 is 17.6. The maximum absolute atomic E-state index is 13.3. The van der Waals surface area contributed by atoms with Crippen molar-refractivity contribution in [3.8, 4) is 0 Å². The number of benzene rings is 3. The van der Waals surface area contributed by atoms with E-state index in [1.54, 1.807) is 60.7 Å². The molecular weight excluding hydrogens is 597 g/mol. The number of carbonyl (C=O) groups excluding carboxylic acids is 2. The van der Waals surface area contributed by atoms with E-state index in [1.807, 2.05) is 30.3 Å². The minimum atomic E-state index is -2.25. The molecule has 2 aliphatic rings. The molecule has 0 saturated carbocycles. The monoisotopic (exact) mass is 619 g/mol. The molecule has 0 bridgehead atoms. The van der Waals surface area contributed by atoms with Gasteiger partial charge in [-0.1, -0.05) is 102 Å². The number of carbonyl (C=O) groups is 2. The minimum Gasteiger partial charge on any atom is -0.452 e. The molecule has 12 heteroatoms. The number of nitrogens with one attached hydrogen (secondary N) is 1. The van der Waals surface area contributed by atoms with Gasteiger partial charge in [0.1, 0.15) is 12.2 Å². The first kappa shape index (κ1) is 29.3. The van der Waals surface area contributed by atoms with Gasteiger partial charge in [0.05, 0.1) is 17.7 Å². The Hall–Kier alpha value is -3.18. The summed E-state index contributed by atoms with van der Waals surface area (Å²) in [6.45, 7) is -0.00999. The molecule has 0 spiro atoms. The van der Waals surface area contributed by atoms with Crippen LogP contribution in [0, 0.1) is 5.41 Å². The fourth-order valence-corrected chi connectivity index (χ4v) is 4.53. The summed E-state index contributed by atoms with van der Waals surface area (Å²) in [7, 11) is 0. The summed E-state index contributed by atoms with van der Waals surface area (Å²) in [5.41, 5.74) is 1.18. The molecule has 0 radical (unpaired) electrons. The van der Waals surface area contributed by atoms with Crippen LogP contribution in [0.25, 0.3) is 0 Å². The maximum atomic E-state index is 13.3. The van der Waals surface area contributed by atoms with E-state index in [0.29, 0.717) is 5.56 Å². The zero-order chi connectivity index (χ0) is 29.0. The van der Waals surface area contributed by atoms with E-state index in [2.05, 4.69) is 0 Å². The molecule has 2 fully saturated rings. The molecule has 3 aromatic rings. The molecule has 2 saturated heterocycles. The van der Waals surface area contributed by atoms with E-state index < -0.39 is 58.6 Å². The van der Waals surface area contributed by atoms with E-state index in [4.69, 9.17) is 68.6 Å². The number of ether oxygens (including phenoxy) is 6. The topological polar surface area (TPSA) is 113 Å². The molecule has 41 heavy (non-hydrogen) atoms. The minimum absolute atomic E-state index is 0.00999. The van der Waals surface area contributed by atoms with Gasteiger partial charge in [0.2, 0.25) is 18.3 Å². The van der Waals surface area contributed by atoms with E-state index in [-0.39, 0.29) is 17.7 Å². The van der Waals surface area contributed by atoms with Crippen molar-refractivity contribution in [3.63, 3.8) is 0 Å². The molecule has 1 unspecified atom stereocenters. The van der Waals surface area contributed by atoms with Crippen LogP contribution in [0.3, 0.4) is 0 Å². The molecule has 0 aliphatic carbocycles. The third-order valence-corrected chi connectivity index (χ3v) is 6.87. The number of fused-ring (bicyclic) bond motifs is 1. The van der Waals surface area contributed by atoms with Gasteiger partial charge in [0.25, 0.3) is 3.79 Å². The Labute approximate surface area is 250 Å². The van der Waals surface area contributed by atoms with Crippen LogP contribution in [0.4, 0.5) is 0 Å². The average Bonchev–Trinajstić information content (AvgIpc) is 2.99. The van der Waals surface area contributed by atoms with Crippen LogP contribution in [0.2, 0.25) is 0 Å². The normalized spacial score (nSPS) is 25.8. The Morgan fingerprint density at radius 3 is 1.78 bits per heavy atom. The highest BCUT2D eigenvalue weighted by Gasteiger charge is 2.55. The lowest BCUT2D eigenvalue weighted by Crippen LogP contribution is -2.64. The SMILES string of the molecule is N=C(O[C@H]1O[C@@H]2COC(c3ccccc3)O[C@H]2[C@H](OC(=O)c2ccccc2)[C@H]1OC(=O)c1ccccc1)C(Cl)(Cl)Cl. The van der Waals surface area contributed by atoms with Crippen molar-refractivity contribution in [3.05, 3.63) is 108 Å². The molecule has 6 atom stereocenters. The standard InChI is InChI=1S/C29H24Cl3NO8/c30-29(31,32)28(33)41-27-23(39-25(35)18-12-6-2-7-13-18)22(38-24(34)17-10-4-1-5-11-17)21-20(37-27)16-36-26(40-21)19-14-8-3-9-15-19/h1-15,20-23,26-27,33H,16H2/t20-,21-,22+,23-,26?,27-/m1/s1. The summed E-state index contributed by atoms with van der Waals surface area (Å²) < 4.78 is 33.3. The second-order valence-electron chi connectivity index (χ2n) is 9.14. The first-order valence-electron chi connectivity index (χ1n) is 12.5. The molecule has 2 aliphatic heterocycles. The Bertz CT molecular complexity index is 1360. The number of esters is 2. The van der Waals surface area contributed by atoms with Crippen molar-refractivity contribution in [2.45, 2.75) is 40.8 Å². The van der Waals surface area contributed by atoms with Crippen molar-refractivity contribution < 1.29 is 38.0 Å². The predicted molar refractivity (Wildman–Crippen MR) is 149 cm³/mol. The van der Waals surface area contributed by atoms with Gasteiger partial charge in [-0.05, 0) is 24.3 Å². The van der Waals surface area contributed by atoms with Gasteiger partial charge in [-0.15, -0.1) is 0 Å². The Balaban J connectivity index is 1.51. The molecular formula is C29H24Cl3NO8. The summed E-state index contributed by atoms with van der Waals surface area (Å²) in [6, 6.07) is 25.6. The van der Waals surface area contributed by atoms with E-state index in [0.717, 1.165) is 0 Å². The van der Waals surface area contributed by atoms with E-state index >= 15 is 0 Å². The summed E-state index contributed by atoms with van der Waals surface area (Å²) in [5.74, 6) is -2.27. The van der Waals surface area contributed by atoms with Crippen molar-refractivity contribution >= 4 is 52.6 Å². The number of alkyl halides is 3. The largest absolute Gasteiger partial charge is 0.452 e. The third-order valence-electron chi connectivity index (χ3n) is 6.35. The molecule has 2 heterocycles. The van der Waals surface area contributed by atoms with E-state index in [9.17, 15) is 9.59 Å². The van der Waals surface area contributed by atoms with Crippen LogP contribution >= 0.6 is 34.8 Å². The van der Waals surface area contributed by atoms with Crippen LogP contribution in [0.5, 0.6) is 0 Å². The van der Waals surface area contributed by atoms with Crippen molar-refractivity contribution in [2.24, 2.45) is 0 Å². The zero-order valence-corrected chi connectivity index (χ0v) is 23.5. The average molecular weight is 621 g/mol. The lowest BCUT2D eigenvalue weighted by Gasteiger charge is -2.48. The second kappa shape index (κ2) is 12.8. The lowest BCUT2D eigenvalue weighted by molar-refractivity contribution is -0.350. The highest BCUT2D eigenvalue weighted by Crippen LogP contribution is 2.38. The first-order chi connectivity index (χ1) is 19.7. The number of rotatable bonds is 6. The second-order valence-corrected chi connectivity index (χ2v) is 11.4. The predicted octanol–water partition coefficient (Wildman–Crippen LogP) is 5.64. The van der Waals surface area contributed by atoms with Gasteiger partial charge in [-0.3, -0.25) is 5.41 Å². The van der Waals surface area contributed by atoms with Crippen molar-refractivity contribution in [1.29, 1.82) is 5.41 Å². The quantitative estimate of drug-likeness (QED) is 0.163. The molecule has 214 valence electrons. The molecule has 0 aromatic heterocycles. The Morgan fingerprint density at radius 2 is 1.24 bits per heavy atom. The van der Waals surface area contributed by atoms with Gasteiger partial charge in [-0.25, -0.2) is 9.59 Å². The van der Waals surface area contributed by atoms with Gasteiger partial charge < -0.3 is 28.4 Å². The maximum Gasteiger partial charge on any atom is 0.338 e. The Morgan fingerprint density at radius 1 is 0.732 bits per heavy atom.